The van der Waals surface area contributed by atoms with Crippen LogP contribution in [0.4, 0.5) is 8.78 Å². The highest BCUT2D eigenvalue weighted by Crippen LogP contribution is 2.37. The maximum absolute atomic E-state index is 14.0. The van der Waals surface area contributed by atoms with E-state index in [1.807, 2.05) is 6.07 Å². The molecule has 2 heterocycles. The van der Waals surface area contributed by atoms with Crippen molar-refractivity contribution in [2.45, 2.75) is 68.0 Å². The number of ether oxygens (including phenoxy) is 1. The number of oxazole rings is 1. The average Bonchev–Trinajstić information content (AvgIpc) is 3.57. The van der Waals surface area contributed by atoms with E-state index in [4.69, 9.17) is 9.15 Å². The molecule has 5 rings (SSSR count). The number of fused-ring (bicyclic) bond motifs is 1. The van der Waals surface area contributed by atoms with E-state index in [0.29, 0.717) is 29.7 Å². The van der Waals surface area contributed by atoms with Crippen LogP contribution in [0.5, 0.6) is 5.75 Å². The molecule has 1 saturated heterocycles. The summed E-state index contributed by atoms with van der Waals surface area (Å²) >= 11 is 0. The molecule has 37 heavy (non-hydrogen) atoms. The highest BCUT2D eigenvalue weighted by atomic mass is 32.2. The molecule has 1 amide bonds. The van der Waals surface area contributed by atoms with E-state index in [0.717, 1.165) is 5.56 Å². The first-order valence-corrected chi connectivity index (χ1v) is 13.8. The lowest BCUT2D eigenvalue weighted by atomic mass is 9.90. The van der Waals surface area contributed by atoms with Gasteiger partial charge in [-0.05, 0) is 67.6 Å². The lowest BCUT2D eigenvalue weighted by molar-refractivity contribution is -0.141. The van der Waals surface area contributed by atoms with Gasteiger partial charge in [0, 0.05) is 32.0 Å². The van der Waals surface area contributed by atoms with E-state index < -0.39 is 28.0 Å². The van der Waals surface area contributed by atoms with Gasteiger partial charge >= 0.3 is 0 Å². The smallest absolute Gasteiger partial charge is 0.248 e. The summed E-state index contributed by atoms with van der Waals surface area (Å²) in [6, 6.07) is 10.1. The lowest BCUT2D eigenvalue weighted by Crippen LogP contribution is -2.52. The van der Waals surface area contributed by atoms with Crippen molar-refractivity contribution in [2.24, 2.45) is 0 Å². The van der Waals surface area contributed by atoms with Crippen LogP contribution in [0.2, 0.25) is 0 Å². The monoisotopic (exact) mass is 533 g/mol. The van der Waals surface area contributed by atoms with Crippen molar-refractivity contribution in [3.8, 4) is 5.75 Å². The van der Waals surface area contributed by atoms with Crippen LogP contribution < -0.4 is 4.74 Å². The van der Waals surface area contributed by atoms with Crippen LogP contribution in [0.3, 0.4) is 0 Å². The number of carbonyl (C=O) groups excluding carboxylic acids is 1. The van der Waals surface area contributed by atoms with Gasteiger partial charge in [-0.25, -0.2) is 22.2 Å². The molecule has 1 aromatic heterocycles. The SMILES string of the molecule is COc1ccc(S(=O)(=O)N2CCC[C@H]2C(=O)N(Cc2ccc3ocnc3c2)C2CCC(F)(F)CC2)cc1. The van der Waals surface area contributed by atoms with Crippen molar-refractivity contribution in [1.29, 1.82) is 0 Å². The Labute approximate surface area is 214 Å². The Kier molecular flexibility index (Phi) is 6.93. The van der Waals surface area contributed by atoms with Crippen molar-refractivity contribution in [3.63, 3.8) is 0 Å². The van der Waals surface area contributed by atoms with Crippen LogP contribution >= 0.6 is 0 Å². The molecule has 1 aliphatic carbocycles. The number of hydrogen-bond donors (Lipinski definition) is 0. The number of hydrogen-bond acceptors (Lipinski definition) is 6. The Hall–Kier alpha value is -3.05. The van der Waals surface area contributed by atoms with Gasteiger partial charge in [-0.3, -0.25) is 4.79 Å². The number of rotatable bonds is 7. The third-order valence-corrected chi connectivity index (χ3v) is 9.24. The Balaban J connectivity index is 1.43. The Morgan fingerprint density at radius 2 is 1.89 bits per heavy atom. The summed E-state index contributed by atoms with van der Waals surface area (Å²) in [5.74, 6) is -2.58. The fourth-order valence-electron chi connectivity index (χ4n) is 5.27. The molecule has 198 valence electrons. The number of methoxy groups -OCH3 is 1. The summed E-state index contributed by atoms with van der Waals surface area (Å²) in [4.78, 5) is 19.8. The van der Waals surface area contributed by atoms with Crippen LogP contribution in [-0.4, -0.2) is 60.2 Å². The number of carbonyl (C=O) groups is 1. The van der Waals surface area contributed by atoms with Crippen LogP contribution in [0, 0.1) is 0 Å². The Bertz CT molecular complexity index is 1370. The number of aromatic nitrogens is 1. The minimum Gasteiger partial charge on any atom is -0.497 e. The van der Waals surface area contributed by atoms with Gasteiger partial charge in [0.15, 0.2) is 12.0 Å². The van der Waals surface area contributed by atoms with Gasteiger partial charge in [0.05, 0.1) is 12.0 Å². The molecular weight excluding hydrogens is 504 g/mol. The molecule has 2 aromatic carbocycles. The predicted molar refractivity (Wildman–Crippen MR) is 132 cm³/mol. The van der Waals surface area contributed by atoms with E-state index in [9.17, 15) is 22.0 Å². The van der Waals surface area contributed by atoms with Gasteiger partial charge in [0.1, 0.15) is 17.3 Å². The summed E-state index contributed by atoms with van der Waals surface area (Å²) in [6.07, 6.45) is 1.95. The zero-order valence-electron chi connectivity index (χ0n) is 20.5. The molecule has 0 radical (unpaired) electrons. The van der Waals surface area contributed by atoms with Crippen LogP contribution in [0.15, 0.2) is 58.2 Å². The Morgan fingerprint density at radius 1 is 1.16 bits per heavy atom. The first-order chi connectivity index (χ1) is 17.7. The van der Waals surface area contributed by atoms with E-state index in [1.54, 1.807) is 29.2 Å². The summed E-state index contributed by atoms with van der Waals surface area (Å²) < 4.78 is 66.6. The van der Waals surface area contributed by atoms with Gasteiger partial charge in [-0.2, -0.15) is 4.31 Å². The summed E-state index contributed by atoms with van der Waals surface area (Å²) in [6.45, 7) is 0.386. The first kappa shape index (κ1) is 25.6. The first-order valence-electron chi connectivity index (χ1n) is 12.3. The molecule has 3 aromatic rings. The van der Waals surface area contributed by atoms with E-state index in [-0.39, 0.29) is 49.6 Å². The summed E-state index contributed by atoms with van der Waals surface area (Å²) in [5.41, 5.74) is 2.01. The number of halogens is 2. The highest BCUT2D eigenvalue weighted by Gasteiger charge is 2.44. The molecule has 11 heteroatoms. The van der Waals surface area contributed by atoms with E-state index in [1.165, 1.54) is 29.9 Å². The van der Waals surface area contributed by atoms with Crippen molar-refractivity contribution in [3.05, 3.63) is 54.4 Å². The molecule has 2 aliphatic rings. The molecule has 0 unspecified atom stereocenters. The quantitative estimate of drug-likeness (QED) is 0.441. The van der Waals surface area contributed by atoms with Gasteiger partial charge in [-0.15, -0.1) is 0 Å². The highest BCUT2D eigenvalue weighted by molar-refractivity contribution is 7.89. The number of sulfonamides is 1. The van der Waals surface area contributed by atoms with Crippen molar-refractivity contribution >= 4 is 27.0 Å². The van der Waals surface area contributed by atoms with Crippen molar-refractivity contribution < 1.29 is 31.1 Å². The van der Waals surface area contributed by atoms with Gasteiger partial charge in [0.2, 0.25) is 21.9 Å². The third-order valence-electron chi connectivity index (χ3n) is 7.31. The van der Waals surface area contributed by atoms with Gasteiger partial charge < -0.3 is 14.1 Å². The normalized spacial score (nSPS) is 20.8. The number of alkyl halides is 2. The second-order valence-electron chi connectivity index (χ2n) is 9.66. The van der Waals surface area contributed by atoms with Crippen molar-refractivity contribution in [2.75, 3.05) is 13.7 Å². The molecule has 8 nitrogen and oxygen atoms in total. The molecule has 0 bridgehead atoms. The zero-order chi connectivity index (χ0) is 26.2. The summed E-state index contributed by atoms with van der Waals surface area (Å²) in [7, 11) is -2.45. The van der Waals surface area contributed by atoms with Crippen LogP contribution in [-0.2, 0) is 21.4 Å². The topological polar surface area (TPSA) is 93.0 Å². The fraction of sp³-hybridized carbons (Fsp3) is 0.462. The molecule has 1 aliphatic heterocycles. The molecular formula is C26H29F2N3O5S. The van der Waals surface area contributed by atoms with E-state index in [2.05, 4.69) is 4.98 Å². The standard InChI is InChI=1S/C26H29F2N3O5S/c1-35-20-5-7-21(8-6-20)37(33,34)31-14-2-3-23(31)25(32)30(19-10-12-26(27,28)13-11-19)16-18-4-9-24-22(15-18)29-17-36-24/h4-9,15,17,19,23H,2-3,10-14,16H2,1H3/t23-/m0/s1. The minimum absolute atomic E-state index is 0.0772. The number of nitrogens with zero attached hydrogens (tertiary/aromatic N) is 3. The molecule has 0 N–H and O–H groups in total. The fourth-order valence-corrected chi connectivity index (χ4v) is 6.92. The second kappa shape index (κ2) is 10.0. The molecule has 1 saturated carbocycles. The maximum atomic E-state index is 14.0. The number of benzene rings is 2. The van der Waals surface area contributed by atoms with Crippen molar-refractivity contribution in [1.82, 2.24) is 14.2 Å². The largest absolute Gasteiger partial charge is 0.497 e. The second-order valence-corrected chi connectivity index (χ2v) is 11.5. The predicted octanol–water partition coefficient (Wildman–Crippen LogP) is 4.60. The van der Waals surface area contributed by atoms with Crippen LogP contribution in [0.1, 0.15) is 44.1 Å². The van der Waals surface area contributed by atoms with Gasteiger partial charge in [-0.1, -0.05) is 6.07 Å². The lowest BCUT2D eigenvalue weighted by Gasteiger charge is -2.39. The maximum Gasteiger partial charge on any atom is 0.248 e. The molecule has 2 fully saturated rings. The van der Waals surface area contributed by atoms with Gasteiger partial charge in [0.25, 0.3) is 0 Å². The van der Waals surface area contributed by atoms with Crippen LogP contribution in [0.25, 0.3) is 11.1 Å². The Morgan fingerprint density at radius 3 is 2.59 bits per heavy atom. The number of amides is 1. The third kappa shape index (κ3) is 5.19. The average molecular weight is 534 g/mol. The minimum atomic E-state index is -3.95. The summed E-state index contributed by atoms with van der Waals surface area (Å²) in [5, 5.41) is 0. The zero-order valence-corrected chi connectivity index (χ0v) is 21.3. The molecule has 0 spiro atoms. The van der Waals surface area contributed by atoms with E-state index >= 15 is 0 Å². The molecule has 1 atom stereocenters.